The standard InChI is InChI=1S/C13H12N2/c1-3-10-8-11-6-5-7-15-13(11)9-12(10)14-4-2/h3-9H,1H2,2H3. The maximum Gasteiger partial charge on any atom is 0.0723 e. The van der Waals surface area contributed by atoms with Crippen LogP contribution in [-0.2, 0) is 0 Å². The number of benzene rings is 1. The minimum atomic E-state index is 0.915. The van der Waals surface area contributed by atoms with E-state index in [-0.39, 0.29) is 0 Å². The molecule has 15 heavy (non-hydrogen) atoms. The van der Waals surface area contributed by atoms with E-state index in [0.29, 0.717) is 0 Å². The average Bonchev–Trinajstić information content (AvgIpc) is 2.28. The maximum absolute atomic E-state index is 4.29. The Labute approximate surface area is 89.0 Å². The lowest BCUT2D eigenvalue weighted by atomic mass is 10.1. The quantitative estimate of drug-likeness (QED) is 0.674. The van der Waals surface area contributed by atoms with Gasteiger partial charge < -0.3 is 0 Å². The molecule has 0 saturated heterocycles. The second kappa shape index (κ2) is 4.05. The third-order valence-corrected chi connectivity index (χ3v) is 2.24. The molecule has 2 aromatic rings. The van der Waals surface area contributed by atoms with Crippen molar-refractivity contribution in [3.05, 3.63) is 42.6 Å². The van der Waals surface area contributed by atoms with Gasteiger partial charge in [0, 0.05) is 23.4 Å². The van der Waals surface area contributed by atoms with Crippen molar-refractivity contribution in [2.75, 3.05) is 0 Å². The molecule has 0 aliphatic heterocycles. The highest BCUT2D eigenvalue weighted by atomic mass is 14.7. The van der Waals surface area contributed by atoms with Crippen LogP contribution in [0.5, 0.6) is 0 Å². The minimum absolute atomic E-state index is 0.915. The SMILES string of the molecule is C=Cc1cc2cccnc2cc1N=CC. The van der Waals surface area contributed by atoms with E-state index in [4.69, 9.17) is 0 Å². The molecule has 74 valence electrons. The van der Waals surface area contributed by atoms with Gasteiger partial charge in [-0.05, 0) is 25.1 Å². The fourth-order valence-corrected chi connectivity index (χ4v) is 1.54. The predicted octanol–water partition coefficient (Wildman–Crippen LogP) is 3.60. The summed E-state index contributed by atoms with van der Waals surface area (Å²) < 4.78 is 0. The molecule has 0 aliphatic carbocycles. The Morgan fingerprint density at radius 1 is 1.40 bits per heavy atom. The summed E-state index contributed by atoms with van der Waals surface area (Å²) in [5, 5.41) is 1.11. The Kier molecular flexibility index (Phi) is 2.59. The zero-order valence-corrected chi connectivity index (χ0v) is 8.64. The van der Waals surface area contributed by atoms with Crippen molar-refractivity contribution < 1.29 is 0 Å². The van der Waals surface area contributed by atoms with E-state index in [2.05, 4.69) is 22.6 Å². The lowest BCUT2D eigenvalue weighted by Gasteiger charge is -2.03. The van der Waals surface area contributed by atoms with Crippen LogP contribution in [0.4, 0.5) is 5.69 Å². The number of aliphatic imine (C=N–C) groups is 1. The molecule has 0 fully saturated rings. The highest BCUT2D eigenvalue weighted by molar-refractivity contribution is 5.87. The van der Waals surface area contributed by atoms with Gasteiger partial charge in [-0.3, -0.25) is 9.98 Å². The molecule has 1 heterocycles. The summed E-state index contributed by atoms with van der Waals surface area (Å²) >= 11 is 0. The van der Waals surface area contributed by atoms with Crippen molar-refractivity contribution in [1.29, 1.82) is 0 Å². The summed E-state index contributed by atoms with van der Waals surface area (Å²) in [4.78, 5) is 8.58. The molecule has 0 spiro atoms. The van der Waals surface area contributed by atoms with Crippen molar-refractivity contribution in [2.24, 2.45) is 4.99 Å². The topological polar surface area (TPSA) is 25.2 Å². The first-order chi connectivity index (χ1) is 7.35. The van der Waals surface area contributed by atoms with Crippen LogP contribution >= 0.6 is 0 Å². The molecule has 0 unspecified atom stereocenters. The minimum Gasteiger partial charge on any atom is -0.261 e. The molecule has 0 aliphatic rings. The zero-order valence-electron chi connectivity index (χ0n) is 8.64. The number of fused-ring (bicyclic) bond motifs is 1. The van der Waals surface area contributed by atoms with Crippen LogP contribution in [0, 0.1) is 0 Å². The number of aromatic nitrogens is 1. The zero-order chi connectivity index (χ0) is 10.7. The van der Waals surface area contributed by atoms with E-state index in [1.807, 2.05) is 31.2 Å². The van der Waals surface area contributed by atoms with Gasteiger partial charge in [-0.25, -0.2) is 0 Å². The number of rotatable bonds is 2. The third kappa shape index (κ3) is 1.79. The molecule has 0 atom stereocenters. The van der Waals surface area contributed by atoms with Crippen LogP contribution in [-0.4, -0.2) is 11.2 Å². The normalized spacial score (nSPS) is 11.0. The van der Waals surface area contributed by atoms with Gasteiger partial charge in [0.1, 0.15) is 0 Å². The summed E-state index contributed by atoms with van der Waals surface area (Å²) in [5.74, 6) is 0. The Morgan fingerprint density at radius 2 is 2.27 bits per heavy atom. The molecule has 0 saturated carbocycles. The Morgan fingerprint density at radius 3 is 3.00 bits per heavy atom. The molecule has 2 heteroatoms. The van der Waals surface area contributed by atoms with Crippen molar-refractivity contribution in [1.82, 2.24) is 4.98 Å². The molecule has 2 nitrogen and oxygen atoms in total. The first-order valence-corrected chi connectivity index (χ1v) is 4.85. The molecule has 0 amide bonds. The number of pyridine rings is 1. The van der Waals surface area contributed by atoms with Crippen molar-refractivity contribution in [2.45, 2.75) is 6.92 Å². The third-order valence-electron chi connectivity index (χ3n) is 2.24. The van der Waals surface area contributed by atoms with Crippen LogP contribution in [0.15, 0.2) is 42.0 Å². The molecular weight excluding hydrogens is 184 g/mol. The maximum atomic E-state index is 4.29. The molecule has 0 N–H and O–H groups in total. The van der Waals surface area contributed by atoms with Gasteiger partial charge in [-0.1, -0.05) is 18.7 Å². The van der Waals surface area contributed by atoms with Crippen LogP contribution in [0.1, 0.15) is 12.5 Å². The summed E-state index contributed by atoms with van der Waals surface area (Å²) in [7, 11) is 0. The number of nitrogens with zero attached hydrogens (tertiary/aromatic N) is 2. The van der Waals surface area contributed by atoms with Crippen LogP contribution in [0.25, 0.3) is 17.0 Å². The van der Waals surface area contributed by atoms with Gasteiger partial charge in [-0.2, -0.15) is 0 Å². The Hall–Kier alpha value is -1.96. The average molecular weight is 196 g/mol. The van der Waals surface area contributed by atoms with Crippen LogP contribution < -0.4 is 0 Å². The first kappa shape index (κ1) is 9.59. The summed E-state index contributed by atoms with van der Waals surface area (Å²) in [6.45, 7) is 5.68. The molecule has 2 rings (SSSR count). The van der Waals surface area contributed by atoms with Crippen molar-refractivity contribution >= 4 is 28.9 Å². The lowest BCUT2D eigenvalue weighted by molar-refractivity contribution is 1.40. The van der Waals surface area contributed by atoms with Crippen LogP contribution in [0.3, 0.4) is 0 Å². The summed E-state index contributed by atoms with van der Waals surface area (Å²) in [6.07, 6.45) is 5.38. The molecule has 0 radical (unpaired) electrons. The molecule has 1 aromatic heterocycles. The van der Waals surface area contributed by atoms with Gasteiger partial charge in [0.15, 0.2) is 0 Å². The highest BCUT2D eigenvalue weighted by Crippen LogP contribution is 2.25. The Balaban J connectivity index is 2.74. The second-order valence-electron chi connectivity index (χ2n) is 3.20. The number of hydrogen-bond acceptors (Lipinski definition) is 2. The van der Waals surface area contributed by atoms with E-state index < -0.39 is 0 Å². The van der Waals surface area contributed by atoms with Crippen LogP contribution in [0.2, 0.25) is 0 Å². The first-order valence-electron chi connectivity index (χ1n) is 4.85. The van der Waals surface area contributed by atoms with E-state index in [1.54, 1.807) is 12.4 Å². The van der Waals surface area contributed by atoms with E-state index in [1.165, 1.54) is 0 Å². The summed E-state index contributed by atoms with van der Waals surface area (Å²) in [6, 6.07) is 8.00. The summed E-state index contributed by atoms with van der Waals surface area (Å²) in [5.41, 5.74) is 2.91. The van der Waals surface area contributed by atoms with Gasteiger partial charge in [0.2, 0.25) is 0 Å². The molecular formula is C13H12N2. The lowest BCUT2D eigenvalue weighted by Crippen LogP contribution is -1.81. The monoisotopic (exact) mass is 196 g/mol. The molecule has 0 bridgehead atoms. The van der Waals surface area contributed by atoms with Crippen molar-refractivity contribution in [3.63, 3.8) is 0 Å². The van der Waals surface area contributed by atoms with E-state index >= 15 is 0 Å². The smallest absolute Gasteiger partial charge is 0.0723 e. The number of hydrogen-bond donors (Lipinski definition) is 0. The van der Waals surface area contributed by atoms with Crippen molar-refractivity contribution in [3.8, 4) is 0 Å². The van der Waals surface area contributed by atoms with Gasteiger partial charge >= 0.3 is 0 Å². The van der Waals surface area contributed by atoms with Gasteiger partial charge in [0.05, 0.1) is 11.2 Å². The largest absolute Gasteiger partial charge is 0.261 e. The Bertz CT molecular complexity index is 527. The highest BCUT2D eigenvalue weighted by Gasteiger charge is 2.00. The van der Waals surface area contributed by atoms with E-state index in [9.17, 15) is 0 Å². The second-order valence-corrected chi connectivity index (χ2v) is 3.20. The predicted molar refractivity (Wildman–Crippen MR) is 65.7 cm³/mol. The fraction of sp³-hybridized carbons (Fsp3) is 0.0769. The van der Waals surface area contributed by atoms with E-state index in [0.717, 1.165) is 22.2 Å². The van der Waals surface area contributed by atoms with Gasteiger partial charge in [0.25, 0.3) is 0 Å². The molecule has 1 aromatic carbocycles. The fourth-order valence-electron chi connectivity index (χ4n) is 1.54. The van der Waals surface area contributed by atoms with Gasteiger partial charge in [-0.15, -0.1) is 0 Å².